The van der Waals surface area contributed by atoms with Gasteiger partial charge in [0.25, 0.3) is 0 Å². The van der Waals surface area contributed by atoms with Gasteiger partial charge in [-0.05, 0) is 26.2 Å². The molecule has 2 unspecified atom stereocenters. The number of imidazole rings is 1. The van der Waals surface area contributed by atoms with E-state index >= 15 is 0 Å². The third-order valence-electron chi connectivity index (χ3n) is 6.05. The molecular formula is C19H22FN7O. The summed E-state index contributed by atoms with van der Waals surface area (Å²) >= 11 is 0. The van der Waals surface area contributed by atoms with Crippen LogP contribution >= 0.6 is 0 Å². The maximum absolute atomic E-state index is 14.8. The summed E-state index contributed by atoms with van der Waals surface area (Å²) in [5, 5.41) is 6.38. The van der Waals surface area contributed by atoms with Gasteiger partial charge < -0.3 is 10.2 Å². The van der Waals surface area contributed by atoms with Crippen molar-refractivity contribution in [2.24, 2.45) is 0 Å². The lowest BCUT2D eigenvalue weighted by molar-refractivity contribution is 0.176. The van der Waals surface area contributed by atoms with Crippen molar-refractivity contribution in [1.29, 1.82) is 0 Å². The standard InChI is InChI=1S/C19H22FN7O/c1-10-6-23-19-18(28)12(7-24-27(10)19)14-8-22-16(9-21-14)26(2)15-5-11-3-4-13(25-11)17(15)20/h6-9,11,13,15,17,24-25H,3-5H2,1-2H3/t11?,13?,15-,17+/m0/s1. The Morgan fingerprint density at radius 1 is 1.21 bits per heavy atom. The molecule has 0 aromatic carbocycles. The van der Waals surface area contributed by atoms with Gasteiger partial charge in [-0.3, -0.25) is 14.9 Å². The molecule has 2 fully saturated rings. The predicted molar refractivity (Wildman–Crippen MR) is 103 cm³/mol. The molecule has 2 aliphatic rings. The first-order chi connectivity index (χ1) is 13.5. The number of anilines is 1. The lowest BCUT2D eigenvalue weighted by Gasteiger charge is -2.38. The molecule has 4 atom stereocenters. The molecule has 3 aromatic rings. The Bertz CT molecular complexity index is 1080. The van der Waals surface area contributed by atoms with E-state index in [1.54, 1.807) is 29.3 Å². The summed E-state index contributed by atoms with van der Waals surface area (Å²) in [6.45, 7) is 1.87. The van der Waals surface area contributed by atoms with Gasteiger partial charge in [0.15, 0.2) is 0 Å². The van der Waals surface area contributed by atoms with Gasteiger partial charge in [-0.15, -0.1) is 0 Å². The van der Waals surface area contributed by atoms with E-state index in [1.807, 2.05) is 18.9 Å². The predicted octanol–water partition coefficient (Wildman–Crippen LogP) is 1.46. The molecule has 2 bridgehead atoms. The van der Waals surface area contributed by atoms with Crippen LogP contribution in [0.4, 0.5) is 10.2 Å². The highest BCUT2D eigenvalue weighted by molar-refractivity contribution is 5.62. The van der Waals surface area contributed by atoms with Crippen molar-refractivity contribution in [3.8, 4) is 11.3 Å². The Labute approximate surface area is 160 Å². The Kier molecular flexibility index (Phi) is 3.94. The Morgan fingerprint density at radius 2 is 2.07 bits per heavy atom. The third-order valence-corrected chi connectivity index (χ3v) is 6.05. The highest BCUT2D eigenvalue weighted by atomic mass is 19.1. The van der Waals surface area contributed by atoms with Crippen LogP contribution in [0.3, 0.4) is 0 Å². The zero-order chi connectivity index (χ0) is 19.4. The fraction of sp³-hybridized carbons (Fsp3) is 0.474. The first-order valence-electron chi connectivity index (χ1n) is 9.54. The first-order valence-corrected chi connectivity index (χ1v) is 9.54. The van der Waals surface area contributed by atoms with Crippen LogP contribution in [0.2, 0.25) is 0 Å². The van der Waals surface area contributed by atoms with Gasteiger partial charge in [0.2, 0.25) is 11.1 Å². The molecule has 0 radical (unpaired) electrons. The average Bonchev–Trinajstić information content (AvgIpc) is 3.29. The minimum Gasteiger partial charge on any atom is -0.352 e. The number of rotatable bonds is 3. The van der Waals surface area contributed by atoms with Gasteiger partial charge >= 0.3 is 0 Å². The summed E-state index contributed by atoms with van der Waals surface area (Å²) in [6.07, 6.45) is 8.15. The van der Waals surface area contributed by atoms with Gasteiger partial charge in [0, 0.05) is 25.3 Å². The van der Waals surface area contributed by atoms with Crippen molar-refractivity contribution < 1.29 is 4.39 Å². The zero-order valence-electron chi connectivity index (χ0n) is 15.8. The van der Waals surface area contributed by atoms with E-state index < -0.39 is 6.17 Å². The molecule has 28 heavy (non-hydrogen) atoms. The number of nitrogens with zero attached hydrogens (tertiary/aromatic N) is 5. The maximum atomic E-state index is 14.8. The molecule has 0 saturated carbocycles. The minimum absolute atomic E-state index is 0.0679. The van der Waals surface area contributed by atoms with E-state index in [4.69, 9.17) is 0 Å². The summed E-state index contributed by atoms with van der Waals surface area (Å²) in [5.41, 5.74) is 1.83. The summed E-state index contributed by atoms with van der Waals surface area (Å²) in [5.74, 6) is 0.604. The number of hydrogen-bond acceptors (Lipinski definition) is 6. The highest BCUT2D eigenvalue weighted by Crippen LogP contribution is 2.33. The fourth-order valence-corrected chi connectivity index (χ4v) is 4.43. The number of halogens is 1. The quantitative estimate of drug-likeness (QED) is 0.712. The number of aromatic nitrogens is 5. The second kappa shape index (κ2) is 6.37. The van der Waals surface area contributed by atoms with E-state index in [0.29, 0.717) is 28.8 Å². The van der Waals surface area contributed by atoms with E-state index in [9.17, 15) is 9.18 Å². The number of hydrogen-bond donors (Lipinski definition) is 2. The summed E-state index contributed by atoms with van der Waals surface area (Å²) in [4.78, 5) is 27.6. The number of aryl methyl sites for hydroxylation is 1. The molecule has 146 valence electrons. The molecule has 3 aromatic heterocycles. The van der Waals surface area contributed by atoms with Crippen molar-refractivity contribution in [3.63, 3.8) is 0 Å². The number of fused-ring (bicyclic) bond motifs is 3. The van der Waals surface area contributed by atoms with Crippen LogP contribution in [0.15, 0.2) is 29.6 Å². The van der Waals surface area contributed by atoms with Crippen LogP contribution in [0.1, 0.15) is 25.0 Å². The minimum atomic E-state index is -0.931. The molecule has 5 rings (SSSR count). The number of nitrogens with one attached hydrogen (secondary N) is 2. The van der Waals surface area contributed by atoms with Crippen LogP contribution in [0.25, 0.3) is 16.9 Å². The van der Waals surface area contributed by atoms with Crippen molar-refractivity contribution in [1.82, 2.24) is 29.9 Å². The van der Waals surface area contributed by atoms with Crippen molar-refractivity contribution in [3.05, 3.63) is 40.7 Å². The number of H-pyrrole nitrogens is 1. The number of alkyl halides is 1. The second-order valence-electron chi connectivity index (χ2n) is 7.74. The molecule has 5 heterocycles. The van der Waals surface area contributed by atoms with Gasteiger partial charge in [-0.2, -0.15) is 0 Å². The largest absolute Gasteiger partial charge is 0.352 e. The number of piperidine rings is 1. The Morgan fingerprint density at radius 3 is 2.86 bits per heavy atom. The number of aromatic amines is 1. The van der Waals surface area contributed by atoms with Crippen LogP contribution < -0.4 is 15.6 Å². The normalized spacial score (nSPS) is 26.7. The average molecular weight is 383 g/mol. The second-order valence-corrected chi connectivity index (χ2v) is 7.74. The zero-order valence-corrected chi connectivity index (χ0v) is 15.8. The van der Waals surface area contributed by atoms with E-state index in [-0.39, 0.29) is 17.5 Å². The highest BCUT2D eigenvalue weighted by Gasteiger charge is 2.43. The molecule has 8 nitrogen and oxygen atoms in total. The van der Waals surface area contributed by atoms with Crippen LogP contribution in [-0.4, -0.2) is 55.9 Å². The van der Waals surface area contributed by atoms with Crippen molar-refractivity contribution in [2.75, 3.05) is 11.9 Å². The first kappa shape index (κ1) is 17.3. The van der Waals surface area contributed by atoms with Gasteiger partial charge in [-0.25, -0.2) is 18.9 Å². The molecule has 9 heteroatoms. The molecule has 0 aliphatic carbocycles. The molecule has 2 N–H and O–H groups in total. The van der Waals surface area contributed by atoms with Crippen LogP contribution in [0, 0.1) is 6.92 Å². The Balaban J connectivity index is 1.43. The Hall–Kier alpha value is -2.81. The topological polar surface area (TPSA) is 91.2 Å². The van der Waals surface area contributed by atoms with Gasteiger partial charge in [0.1, 0.15) is 12.0 Å². The van der Waals surface area contributed by atoms with Gasteiger partial charge in [-0.1, -0.05) is 0 Å². The van der Waals surface area contributed by atoms with Crippen molar-refractivity contribution >= 4 is 11.5 Å². The summed E-state index contributed by atoms with van der Waals surface area (Å²) < 4.78 is 16.4. The lowest BCUT2D eigenvalue weighted by Crippen LogP contribution is -2.55. The van der Waals surface area contributed by atoms with E-state index in [2.05, 4.69) is 25.4 Å². The summed E-state index contributed by atoms with van der Waals surface area (Å²) in [6, 6.07) is 0.0910. The molecular weight excluding hydrogens is 361 g/mol. The molecule has 2 saturated heterocycles. The summed E-state index contributed by atoms with van der Waals surface area (Å²) in [7, 11) is 1.86. The van der Waals surface area contributed by atoms with Gasteiger partial charge in [0.05, 0.1) is 41.6 Å². The van der Waals surface area contributed by atoms with Crippen molar-refractivity contribution in [2.45, 2.75) is 50.5 Å². The molecule has 0 amide bonds. The molecule has 0 spiro atoms. The third kappa shape index (κ3) is 2.61. The van der Waals surface area contributed by atoms with E-state index in [0.717, 1.165) is 25.0 Å². The van der Waals surface area contributed by atoms with E-state index in [1.165, 1.54) is 0 Å². The maximum Gasteiger partial charge on any atom is 0.233 e. The molecule has 2 aliphatic heterocycles. The fourth-order valence-electron chi connectivity index (χ4n) is 4.43. The van der Waals surface area contributed by atoms with Crippen LogP contribution in [0.5, 0.6) is 0 Å². The van der Waals surface area contributed by atoms with Crippen LogP contribution in [-0.2, 0) is 0 Å². The SMILES string of the molecule is Cc1cnc2c(=O)c(-c3cnc(N(C)[C@H]4CC5CCC(N5)[C@H]4F)cn3)c[nH]n12. The monoisotopic (exact) mass is 383 g/mol. The smallest absolute Gasteiger partial charge is 0.233 e. The lowest BCUT2D eigenvalue weighted by atomic mass is 9.96.